The molecule has 0 fully saturated rings. The fourth-order valence-corrected chi connectivity index (χ4v) is 1.41. The van der Waals surface area contributed by atoms with Crippen molar-refractivity contribution in [1.29, 1.82) is 0 Å². The molecule has 0 saturated carbocycles. The topological polar surface area (TPSA) is 32.3 Å². The number of rotatable bonds is 8. The van der Waals surface area contributed by atoms with E-state index >= 15 is 0 Å². The molecule has 0 amide bonds. The lowest BCUT2D eigenvalue weighted by Crippen LogP contribution is -2.36. The fraction of sp³-hybridized carbons (Fsp3) is 1.00. The Morgan fingerprint density at radius 2 is 2.15 bits per heavy atom. The molecule has 0 rings (SSSR count). The summed E-state index contributed by atoms with van der Waals surface area (Å²) in [6, 6.07) is 0. The van der Waals surface area contributed by atoms with Crippen LogP contribution in [0.4, 0.5) is 8.78 Å². The number of aliphatic hydroxyl groups is 1. The maximum atomic E-state index is 12.4. The molecule has 0 aliphatic carbocycles. The molecule has 0 aliphatic heterocycles. The van der Waals surface area contributed by atoms with Gasteiger partial charge in [0, 0.05) is 0 Å². The highest BCUT2D eigenvalue weighted by Crippen LogP contribution is 2.09. The molecule has 2 N–H and O–H groups in total. The van der Waals surface area contributed by atoms with Crippen LogP contribution in [0.3, 0.4) is 0 Å². The van der Waals surface area contributed by atoms with Crippen molar-refractivity contribution in [3.63, 3.8) is 0 Å². The lowest BCUT2D eigenvalue weighted by Gasteiger charge is -2.13. The van der Waals surface area contributed by atoms with Gasteiger partial charge in [-0.3, -0.25) is 0 Å². The number of thioether (sulfide) groups is 1. The molecule has 13 heavy (non-hydrogen) atoms. The summed E-state index contributed by atoms with van der Waals surface area (Å²) in [7, 11) is 0. The van der Waals surface area contributed by atoms with E-state index < -0.39 is 19.1 Å². The number of halogens is 2. The van der Waals surface area contributed by atoms with Crippen LogP contribution in [0.15, 0.2) is 0 Å². The smallest absolute Gasteiger partial charge is 0.282 e. The van der Waals surface area contributed by atoms with Crippen molar-refractivity contribution in [3.05, 3.63) is 0 Å². The highest BCUT2D eigenvalue weighted by Gasteiger charge is 2.26. The van der Waals surface area contributed by atoms with Crippen LogP contribution in [0.25, 0.3) is 0 Å². The van der Waals surface area contributed by atoms with Gasteiger partial charge < -0.3 is 10.4 Å². The van der Waals surface area contributed by atoms with Gasteiger partial charge in [0.05, 0.1) is 6.54 Å². The minimum absolute atomic E-state index is 0.430. The van der Waals surface area contributed by atoms with Gasteiger partial charge in [0.1, 0.15) is 6.61 Å². The highest BCUT2D eigenvalue weighted by atomic mass is 32.2. The van der Waals surface area contributed by atoms with E-state index in [4.69, 9.17) is 5.11 Å². The molecule has 0 atom stereocenters. The SMILES string of the molecule is CCSCCCNCC(F)(F)CO. The van der Waals surface area contributed by atoms with Gasteiger partial charge in [-0.2, -0.15) is 11.8 Å². The quantitative estimate of drug-likeness (QED) is 0.597. The maximum absolute atomic E-state index is 12.4. The van der Waals surface area contributed by atoms with Crippen LogP contribution in [-0.4, -0.2) is 42.2 Å². The minimum Gasteiger partial charge on any atom is -0.390 e. The highest BCUT2D eigenvalue weighted by molar-refractivity contribution is 7.99. The molecule has 0 aromatic heterocycles. The van der Waals surface area contributed by atoms with E-state index in [9.17, 15) is 8.78 Å². The molecule has 0 heterocycles. The average molecular weight is 213 g/mol. The van der Waals surface area contributed by atoms with E-state index in [0.29, 0.717) is 6.54 Å². The third kappa shape index (κ3) is 8.46. The number of alkyl halides is 2. The molecular formula is C8H17F2NOS. The summed E-state index contributed by atoms with van der Waals surface area (Å²) >= 11 is 1.79. The van der Waals surface area contributed by atoms with Crippen LogP contribution in [0.1, 0.15) is 13.3 Å². The van der Waals surface area contributed by atoms with E-state index in [2.05, 4.69) is 12.2 Å². The minimum atomic E-state index is -2.97. The number of hydrogen-bond donors (Lipinski definition) is 2. The molecule has 5 heteroatoms. The second-order valence-corrected chi connectivity index (χ2v) is 4.14. The third-order valence-electron chi connectivity index (χ3n) is 1.46. The molecule has 0 unspecified atom stereocenters. The molecule has 0 spiro atoms. The van der Waals surface area contributed by atoms with E-state index in [0.717, 1.165) is 17.9 Å². The van der Waals surface area contributed by atoms with Crippen molar-refractivity contribution < 1.29 is 13.9 Å². The van der Waals surface area contributed by atoms with Gasteiger partial charge in [0.25, 0.3) is 5.92 Å². The lowest BCUT2D eigenvalue weighted by atomic mass is 10.3. The van der Waals surface area contributed by atoms with Gasteiger partial charge in [-0.25, -0.2) is 8.78 Å². The molecule has 0 aromatic carbocycles. The van der Waals surface area contributed by atoms with Gasteiger partial charge in [0.2, 0.25) is 0 Å². The predicted molar refractivity (Wildman–Crippen MR) is 52.5 cm³/mol. The van der Waals surface area contributed by atoms with E-state index in [1.54, 1.807) is 11.8 Å². The molecule has 0 radical (unpaired) electrons. The third-order valence-corrected chi connectivity index (χ3v) is 2.45. The molecule has 0 saturated heterocycles. The zero-order chi connectivity index (χ0) is 10.2. The van der Waals surface area contributed by atoms with Crippen LogP contribution in [-0.2, 0) is 0 Å². The molecular weight excluding hydrogens is 196 g/mol. The Balaban J connectivity index is 3.16. The largest absolute Gasteiger partial charge is 0.390 e. The summed E-state index contributed by atoms with van der Waals surface area (Å²) in [5, 5.41) is 10.9. The van der Waals surface area contributed by atoms with Crippen molar-refractivity contribution in [3.8, 4) is 0 Å². The first-order valence-corrected chi connectivity index (χ1v) is 5.55. The van der Waals surface area contributed by atoms with Crippen molar-refractivity contribution in [2.45, 2.75) is 19.3 Å². The van der Waals surface area contributed by atoms with Gasteiger partial charge in [0.15, 0.2) is 0 Å². The molecule has 0 aliphatic rings. The van der Waals surface area contributed by atoms with Crippen LogP contribution in [0.2, 0.25) is 0 Å². The van der Waals surface area contributed by atoms with Crippen LogP contribution >= 0.6 is 11.8 Å². The predicted octanol–water partition coefficient (Wildman–Crippen LogP) is 1.35. The molecule has 2 nitrogen and oxygen atoms in total. The van der Waals surface area contributed by atoms with Gasteiger partial charge in [-0.05, 0) is 24.5 Å². The Kier molecular flexibility index (Phi) is 7.60. The van der Waals surface area contributed by atoms with E-state index in [1.165, 1.54) is 0 Å². The molecule has 0 aromatic rings. The summed E-state index contributed by atoms with van der Waals surface area (Å²) in [4.78, 5) is 0. The number of hydrogen-bond acceptors (Lipinski definition) is 3. The summed E-state index contributed by atoms with van der Waals surface area (Å²) in [6.45, 7) is 1.14. The second kappa shape index (κ2) is 7.53. The van der Waals surface area contributed by atoms with Crippen molar-refractivity contribution in [1.82, 2.24) is 5.32 Å². The maximum Gasteiger partial charge on any atom is 0.282 e. The van der Waals surface area contributed by atoms with Crippen LogP contribution in [0.5, 0.6) is 0 Å². The molecule has 0 bridgehead atoms. The Morgan fingerprint density at radius 3 is 2.69 bits per heavy atom. The first-order valence-electron chi connectivity index (χ1n) is 4.39. The zero-order valence-corrected chi connectivity index (χ0v) is 8.67. The van der Waals surface area contributed by atoms with Crippen molar-refractivity contribution in [2.24, 2.45) is 0 Å². The Morgan fingerprint density at radius 1 is 1.46 bits per heavy atom. The van der Waals surface area contributed by atoms with Crippen LogP contribution in [0, 0.1) is 0 Å². The monoisotopic (exact) mass is 213 g/mol. The van der Waals surface area contributed by atoms with E-state index in [-0.39, 0.29) is 0 Å². The summed E-state index contributed by atoms with van der Waals surface area (Å²) < 4.78 is 24.8. The van der Waals surface area contributed by atoms with Crippen molar-refractivity contribution in [2.75, 3.05) is 31.2 Å². The van der Waals surface area contributed by atoms with E-state index in [1.807, 2.05) is 0 Å². The number of aliphatic hydroxyl groups excluding tert-OH is 1. The van der Waals surface area contributed by atoms with Gasteiger partial charge in [-0.15, -0.1) is 0 Å². The van der Waals surface area contributed by atoms with Crippen molar-refractivity contribution >= 4 is 11.8 Å². The van der Waals surface area contributed by atoms with Gasteiger partial charge >= 0.3 is 0 Å². The first-order chi connectivity index (χ1) is 6.12. The lowest BCUT2D eigenvalue weighted by molar-refractivity contribution is -0.0473. The van der Waals surface area contributed by atoms with Crippen LogP contribution < -0.4 is 5.32 Å². The normalized spacial score (nSPS) is 12.0. The molecule has 80 valence electrons. The van der Waals surface area contributed by atoms with Gasteiger partial charge in [-0.1, -0.05) is 6.92 Å². The Labute approximate surface area is 82.1 Å². The average Bonchev–Trinajstić information content (AvgIpc) is 2.11. The number of nitrogens with one attached hydrogen (secondary N) is 1. The Hall–Kier alpha value is 0.130. The Bertz CT molecular complexity index is 125. The first kappa shape index (κ1) is 13.1. The summed E-state index contributed by atoms with van der Waals surface area (Å²) in [6.07, 6.45) is 0.889. The standard InChI is InChI=1S/C8H17F2NOS/c1-2-13-5-3-4-11-6-8(9,10)7-12/h11-12H,2-7H2,1H3. The summed E-state index contributed by atoms with van der Waals surface area (Å²) in [5.41, 5.74) is 0. The second-order valence-electron chi connectivity index (χ2n) is 2.74. The zero-order valence-electron chi connectivity index (χ0n) is 7.85. The fourth-order valence-electron chi connectivity index (χ4n) is 0.771. The summed E-state index contributed by atoms with van der Waals surface area (Å²) in [5.74, 6) is -0.918.